The first-order valence-electron chi connectivity index (χ1n) is 11.8. The van der Waals surface area contributed by atoms with Gasteiger partial charge in [-0.1, -0.05) is 0 Å². The molecule has 3 aromatic heterocycles. The summed E-state index contributed by atoms with van der Waals surface area (Å²) in [6.45, 7) is 6.81. The molecule has 0 unspecified atom stereocenters. The lowest BCUT2D eigenvalue weighted by atomic mass is 9.86. The van der Waals surface area contributed by atoms with Gasteiger partial charge in [-0.3, -0.25) is 9.78 Å². The quantitative estimate of drug-likeness (QED) is 0.612. The normalized spacial score (nSPS) is 19.9. The first-order valence-corrected chi connectivity index (χ1v) is 11.8. The van der Waals surface area contributed by atoms with Crippen molar-refractivity contribution < 1.29 is 13.9 Å². The summed E-state index contributed by atoms with van der Waals surface area (Å²) in [6.07, 6.45) is 7.18. The molecule has 9 heteroatoms. The van der Waals surface area contributed by atoms with Crippen molar-refractivity contribution >= 4 is 11.7 Å². The van der Waals surface area contributed by atoms with Gasteiger partial charge >= 0.3 is 0 Å². The van der Waals surface area contributed by atoms with Crippen LogP contribution < -0.4 is 10.1 Å². The zero-order chi connectivity index (χ0) is 24.7. The maximum absolute atomic E-state index is 14.4. The Hall–Kier alpha value is -3.62. The predicted molar refractivity (Wildman–Crippen MR) is 130 cm³/mol. The summed E-state index contributed by atoms with van der Waals surface area (Å²) in [6, 6.07) is 3.66. The summed E-state index contributed by atoms with van der Waals surface area (Å²) in [5.74, 6) is -0.0678. The number of fused-ring (bicyclic) bond motifs is 1. The van der Waals surface area contributed by atoms with Crippen LogP contribution in [0, 0.1) is 19.7 Å². The number of aromatic nitrogens is 4. The van der Waals surface area contributed by atoms with E-state index in [4.69, 9.17) is 9.72 Å². The lowest BCUT2D eigenvalue weighted by molar-refractivity contribution is -0.131. The molecular formula is C26H29FN6O2. The van der Waals surface area contributed by atoms with Crippen LogP contribution in [0.4, 0.5) is 10.2 Å². The Balaban J connectivity index is 1.34. The Bertz CT molecular complexity index is 1300. The van der Waals surface area contributed by atoms with Crippen molar-refractivity contribution in [3.63, 3.8) is 0 Å². The minimum atomic E-state index is -0.628. The first-order chi connectivity index (χ1) is 16.8. The summed E-state index contributed by atoms with van der Waals surface area (Å²) >= 11 is 0. The van der Waals surface area contributed by atoms with E-state index in [2.05, 4.69) is 26.3 Å². The van der Waals surface area contributed by atoms with E-state index < -0.39 is 11.7 Å². The number of carbonyl (C=O) groups excluding carboxylic acids is 1. The number of nitrogens with one attached hydrogen (secondary N) is 1. The highest BCUT2D eigenvalue weighted by Crippen LogP contribution is 2.39. The number of ether oxygens (including phenoxy) is 1. The number of rotatable bonds is 4. The third-order valence-electron chi connectivity index (χ3n) is 7.15. The fraction of sp³-hybridized carbons (Fsp3) is 0.423. The maximum atomic E-state index is 14.4. The smallest absolute Gasteiger partial charge is 0.230 e. The molecule has 0 aliphatic carbocycles. The molecule has 2 aliphatic heterocycles. The van der Waals surface area contributed by atoms with Crippen LogP contribution in [0.3, 0.4) is 0 Å². The van der Waals surface area contributed by atoms with Gasteiger partial charge in [0.25, 0.3) is 0 Å². The van der Waals surface area contributed by atoms with Gasteiger partial charge in [0, 0.05) is 42.2 Å². The van der Waals surface area contributed by atoms with Crippen LogP contribution in [-0.2, 0) is 11.2 Å². The second-order valence-electron chi connectivity index (χ2n) is 9.56. The predicted octanol–water partition coefficient (Wildman–Crippen LogP) is 3.83. The molecule has 35 heavy (non-hydrogen) atoms. The third kappa shape index (κ3) is 4.31. The lowest BCUT2D eigenvalue weighted by Gasteiger charge is -2.36. The fourth-order valence-corrected chi connectivity index (χ4v) is 5.14. The Morgan fingerprint density at radius 1 is 1.20 bits per heavy atom. The van der Waals surface area contributed by atoms with E-state index in [0.717, 1.165) is 59.5 Å². The topological polar surface area (TPSA) is 93.1 Å². The summed E-state index contributed by atoms with van der Waals surface area (Å²) < 4.78 is 19.5. The second-order valence-corrected chi connectivity index (χ2v) is 9.56. The van der Waals surface area contributed by atoms with Crippen molar-refractivity contribution in [2.45, 2.75) is 51.5 Å². The number of methoxy groups -OCH3 is 1. The Kier molecular flexibility index (Phi) is 5.86. The monoisotopic (exact) mass is 476 g/mol. The largest absolute Gasteiger partial charge is 0.481 e. The molecule has 1 saturated heterocycles. The van der Waals surface area contributed by atoms with E-state index in [-0.39, 0.29) is 11.4 Å². The van der Waals surface area contributed by atoms with Gasteiger partial charge < -0.3 is 15.0 Å². The average molecular weight is 477 g/mol. The lowest BCUT2D eigenvalue weighted by Crippen LogP contribution is -2.46. The number of pyridine rings is 2. The van der Waals surface area contributed by atoms with Crippen molar-refractivity contribution in [1.82, 2.24) is 24.8 Å². The van der Waals surface area contributed by atoms with Crippen molar-refractivity contribution in [3.05, 3.63) is 59.1 Å². The molecule has 5 rings (SSSR count). The van der Waals surface area contributed by atoms with Crippen LogP contribution in [0.1, 0.15) is 48.2 Å². The SMILES string of the molecule is COc1cc([C@@H](C)C(=O)N2CC[C@@]3(CCc4cc(-c5cncc(C)n5)c(C)nc4N3)C2)c(F)cn1. The minimum absolute atomic E-state index is 0.0980. The molecule has 3 aromatic rings. The Morgan fingerprint density at radius 2 is 2.03 bits per heavy atom. The second kappa shape index (κ2) is 8.87. The van der Waals surface area contributed by atoms with Crippen LogP contribution in [0.15, 0.2) is 30.7 Å². The van der Waals surface area contributed by atoms with Crippen LogP contribution >= 0.6 is 0 Å². The van der Waals surface area contributed by atoms with Crippen molar-refractivity contribution in [3.8, 4) is 17.1 Å². The van der Waals surface area contributed by atoms with Gasteiger partial charge in [-0.15, -0.1) is 0 Å². The van der Waals surface area contributed by atoms with Crippen LogP contribution in [0.25, 0.3) is 11.3 Å². The van der Waals surface area contributed by atoms with Crippen molar-refractivity contribution in [1.29, 1.82) is 0 Å². The number of anilines is 1. The molecule has 2 atom stereocenters. The van der Waals surface area contributed by atoms with Crippen molar-refractivity contribution in [2.75, 3.05) is 25.5 Å². The molecule has 1 spiro atoms. The molecule has 8 nitrogen and oxygen atoms in total. The molecule has 0 aromatic carbocycles. The van der Waals surface area contributed by atoms with Crippen LogP contribution in [0.5, 0.6) is 5.88 Å². The molecule has 1 fully saturated rings. The molecule has 0 bridgehead atoms. The van der Waals surface area contributed by atoms with Gasteiger partial charge in [0.05, 0.1) is 42.3 Å². The molecule has 2 aliphatic rings. The number of amides is 1. The Labute approximate surface area is 204 Å². The van der Waals surface area contributed by atoms with Gasteiger partial charge in [0.1, 0.15) is 11.6 Å². The number of hydrogen-bond donors (Lipinski definition) is 1. The van der Waals surface area contributed by atoms with Gasteiger partial charge in [-0.05, 0) is 51.7 Å². The molecule has 1 N–H and O–H groups in total. The molecule has 5 heterocycles. The summed E-state index contributed by atoms with van der Waals surface area (Å²) in [5.41, 5.74) is 4.77. The van der Waals surface area contributed by atoms with E-state index in [0.29, 0.717) is 24.5 Å². The van der Waals surface area contributed by atoms with Gasteiger partial charge in [0.2, 0.25) is 11.8 Å². The summed E-state index contributed by atoms with van der Waals surface area (Å²) in [5, 5.41) is 3.65. The zero-order valence-electron chi connectivity index (χ0n) is 20.4. The Morgan fingerprint density at radius 3 is 2.80 bits per heavy atom. The van der Waals surface area contributed by atoms with Crippen molar-refractivity contribution in [2.24, 2.45) is 0 Å². The first kappa shape index (κ1) is 23.1. The summed E-state index contributed by atoms with van der Waals surface area (Å²) in [7, 11) is 1.47. The minimum Gasteiger partial charge on any atom is -0.481 e. The van der Waals surface area contributed by atoms with Gasteiger partial charge in [-0.2, -0.15) is 0 Å². The highest BCUT2D eigenvalue weighted by atomic mass is 19.1. The maximum Gasteiger partial charge on any atom is 0.230 e. The molecule has 0 radical (unpaired) electrons. The highest BCUT2D eigenvalue weighted by molar-refractivity contribution is 5.84. The average Bonchev–Trinajstić information content (AvgIpc) is 3.26. The third-order valence-corrected chi connectivity index (χ3v) is 7.15. The van der Waals surface area contributed by atoms with E-state index in [1.54, 1.807) is 19.3 Å². The number of carbonyl (C=O) groups is 1. The molecular weight excluding hydrogens is 447 g/mol. The number of aryl methyl sites for hydroxylation is 3. The highest BCUT2D eigenvalue weighted by Gasteiger charge is 2.43. The van der Waals surface area contributed by atoms with E-state index >= 15 is 0 Å². The number of likely N-dealkylation sites (tertiary alicyclic amines) is 1. The molecule has 1 amide bonds. The van der Waals surface area contributed by atoms with Crippen LogP contribution in [-0.4, -0.2) is 56.5 Å². The van der Waals surface area contributed by atoms with E-state index in [9.17, 15) is 9.18 Å². The molecule has 0 saturated carbocycles. The van der Waals surface area contributed by atoms with Gasteiger partial charge in [0.15, 0.2) is 0 Å². The zero-order valence-corrected chi connectivity index (χ0v) is 20.4. The van der Waals surface area contributed by atoms with E-state index in [1.165, 1.54) is 13.2 Å². The number of hydrogen-bond acceptors (Lipinski definition) is 7. The number of nitrogens with zero attached hydrogens (tertiary/aromatic N) is 5. The van der Waals surface area contributed by atoms with Crippen LogP contribution in [0.2, 0.25) is 0 Å². The number of halogens is 1. The fourth-order valence-electron chi connectivity index (χ4n) is 5.14. The van der Waals surface area contributed by atoms with E-state index in [1.807, 2.05) is 18.7 Å². The van der Waals surface area contributed by atoms with Gasteiger partial charge in [-0.25, -0.2) is 19.3 Å². The summed E-state index contributed by atoms with van der Waals surface area (Å²) in [4.78, 5) is 32.7. The molecule has 182 valence electrons. The standard InChI is InChI=1S/C26H29FN6O2/c1-15-11-28-13-22(30-15)20-9-18-5-6-26(32-24(18)31-17(20)3)7-8-33(14-26)25(34)16(2)19-10-23(35-4)29-12-21(19)27/h9-13,16H,5-8,14H2,1-4H3,(H,31,32)/t16-,26+/m1/s1.